The highest BCUT2D eigenvalue weighted by molar-refractivity contribution is 6.34. The zero-order valence-corrected chi connectivity index (χ0v) is 20.9. The van der Waals surface area contributed by atoms with Crippen LogP contribution in [0.5, 0.6) is 11.5 Å². The predicted octanol–water partition coefficient (Wildman–Crippen LogP) is 4.71. The lowest BCUT2D eigenvalue weighted by molar-refractivity contribution is 0.0539. The van der Waals surface area contributed by atoms with Gasteiger partial charge in [-0.1, -0.05) is 41.9 Å². The molecule has 3 N–H and O–H groups in total. The van der Waals surface area contributed by atoms with Crippen molar-refractivity contribution in [1.29, 1.82) is 0 Å². The van der Waals surface area contributed by atoms with E-state index in [1.165, 1.54) is 12.3 Å². The molecule has 0 saturated carbocycles. The van der Waals surface area contributed by atoms with Gasteiger partial charge in [-0.25, -0.2) is 8.78 Å². The van der Waals surface area contributed by atoms with E-state index in [-0.39, 0.29) is 52.3 Å². The van der Waals surface area contributed by atoms with Crippen LogP contribution in [0.3, 0.4) is 0 Å². The second-order valence-electron chi connectivity index (χ2n) is 9.94. The van der Waals surface area contributed by atoms with Crippen LogP contribution in [0.25, 0.3) is 22.0 Å². The first-order valence-electron chi connectivity index (χ1n) is 12.5. The maximum absolute atomic E-state index is 16.4. The Bertz CT molecular complexity index is 1640. The van der Waals surface area contributed by atoms with Crippen molar-refractivity contribution in [3.8, 4) is 22.6 Å². The van der Waals surface area contributed by atoms with E-state index in [4.69, 9.17) is 26.8 Å². The summed E-state index contributed by atoms with van der Waals surface area (Å²) in [6.45, 7) is 1.41. The van der Waals surface area contributed by atoms with Crippen LogP contribution in [0.2, 0.25) is 5.02 Å². The molecule has 3 aliphatic heterocycles. The van der Waals surface area contributed by atoms with Crippen molar-refractivity contribution in [3.05, 3.63) is 75.9 Å². The predicted molar refractivity (Wildman–Crippen MR) is 138 cm³/mol. The van der Waals surface area contributed by atoms with Crippen molar-refractivity contribution in [2.45, 2.75) is 37.5 Å². The summed E-state index contributed by atoms with van der Waals surface area (Å²) < 4.78 is 45.7. The third-order valence-corrected chi connectivity index (χ3v) is 8.31. The molecule has 0 radical (unpaired) electrons. The van der Waals surface area contributed by atoms with Crippen molar-refractivity contribution in [1.82, 2.24) is 15.1 Å². The van der Waals surface area contributed by atoms with Crippen LogP contribution in [-0.2, 0) is 18.6 Å². The average molecular weight is 537 g/mol. The van der Waals surface area contributed by atoms with Gasteiger partial charge < -0.3 is 20.5 Å². The number of rotatable bonds is 4. The Morgan fingerprint density at radius 1 is 1.24 bits per heavy atom. The summed E-state index contributed by atoms with van der Waals surface area (Å²) in [6, 6.07) is 10.9. The number of nitrogens with two attached hydrogens (primary N) is 1. The quantitative estimate of drug-likeness (QED) is 0.394. The van der Waals surface area contributed by atoms with Gasteiger partial charge in [-0.05, 0) is 24.9 Å². The molecule has 2 atom stereocenters. The smallest absolute Gasteiger partial charge is 0.250 e. The standard InChI is InChI=1S/C28H23ClF2N4O3/c29-23-17(30)11-18-15(12-28(38-18,19-7-4-8-33-19)14-5-2-1-3-6-14)20(23)22-21(27(32)36)16-13-34-35-9-10-37-26(24(22)31)25(16)35/h1-3,5-6,11,13,19,33H,4,7-10,12H2,(H2,32,36)/t19-,28-/m0/s1. The molecular weight excluding hydrogens is 514 g/mol. The fourth-order valence-corrected chi connectivity index (χ4v) is 6.58. The van der Waals surface area contributed by atoms with Gasteiger partial charge >= 0.3 is 0 Å². The fraction of sp³-hybridized carbons (Fsp3) is 0.286. The van der Waals surface area contributed by atoms with Crippen LogP contribution in [-0.4, -0.2) is 34.9 Å². The van der Waals surface area contributed by atoms with Gasteiger partial charge in [-0.3, -0.25) is 9.48 Å². The summed E-state index contributed by atoms with van der Waals surface area (Å²) in [5.74, 6) is -2.32. The summed E-state index contributed by atoms with van der Waals surface area (Å²) in [5.41, 5.74) is 6.41. The molecule has 0 aliphatic carbocycles. The molecule has 3 aromatic carbocycles. The minimum atomic E-state index is -0.880. The molecule has 4 heterocycles. The highest BCUT2D eigenvalue weighted by atomic mass is 35.5. The molecule has 1 fully saturated rings. The van der Waals surface area contributed by atoms with Crippen LogP contribution in [0.4, 0.5) is 8.78 Å². The van der Waals surface area contributed by atoms with Gasteiger partial charge in [0.15, 0.2) is 17.2 Å². The van der Waals surface area contributed by atoms with Crippen LogP contribution in [0, 0.1) is 11.6 Å². The lowest BCUT2D eigenvalue weighted by Crippen LogP contribution is -2.48. The van der Waals surface area contributed by atoms with Gasteiger partial charge in [-0.15, -0.1) is 0 Å². The number of ether oxygens (including phenoxy) is 2. The maximum Gasteiger partial charge on any atom is 0.250 e. The third-order valence-electron chi connectivity index (χ3n) is 7.94. The summed E-state index contributed by atoms with van der Waals surface area (Å²) in [7, 11) is 0. The number of carbonyl (C=O) groups excluding carboxylic acids is 1. The lowest BCUT2D eigenvalue weighted by atomic mass is 9.80. The minimum Gasteiger partial charge on any atom is -0.486 e. The number of primary amides is 1. The molecule has 7 rings (SSSR count). The van der Waals surface area contributed by atoms with Gasteiger partial charge in [-0.2, -0.15) is 5.10 Å². The molecule has 38 heavy (non-hydrogen) atoms. The molecule has 1 aromatic heterocycles. The Kier molecular flexibility index (Phi) is 5.18. The van der Waals surface area contributed by atoms with E-state index in [1.54, 1.807) is 4.68 Å². The molecule has 1 saturated heterocycles. The van der Waals surface area contributed by atoms with Crippen molar-refractivity contribution >= 4 is 28.4 Å². The van der Waals surface area contributed by atoms with E-state index in [9.17, 15) is 4.79 Å². The van der Waals surface area contributed by atoms with E-state index < -0.39 is 23.1 Å². The molecule has 10 heteroatoms. The zero-order chi connectivity index (χ0) is 26.2. The Morgan fingerprint density at radius 2 is 2.05 bits per heavy atom. The lowest BCUT2D eigenvalue weighted by Gasteiger charge is -2.35. The van der Waals surface area contributed by atoms with Crippen LogP contribution in [0.15, 0.2) is 42.6 Å². The largest absolute Gasteiger partial charge is 0.486 e. The summed E-state index contributed by atoms with van der Waals surface area (Å²) >= 11 is 6.60. The van der Waals surface area contributed by atoms with Gasteiger partial charge in [0, 0.05) is 34.6 Å². The first-order chi connectivity index (χ1) is 18.4. The molecule has 7 nitrogen and oxygen atoms in total. The third kappa shape index (κ3) is 3.15. The minimum absolute atomic E-state index is 0.0452. The number of fused-ring (bicyclic) bond motifs is 1. The Morgan fingerprint density at radius 3 is 2.79 bits per heavy atom. The molecule has 1 amide bonds. The number of hydrogen-bond acceptors (Lipinski definition) is 5. The monoisotopic (exact) mass is 536 g/mol. The number of benzene rings is 3. The number of halogens is 3. The maximum atomic E-state index is 16.4. The number of carbonyl (C=O) groups is 1. The van der Waals surface area contributed by atoms with E-state index in [0.717, 1.165) is 24.9 Å². The van der Waals surface area contributed by atoms with Crippen LogP contribution in [0.1, 0.15) is 34.3 Å². The molecule has 0 bridgehead atoms. The fourth-order valence-electron chi connectivity index (χ4n) is 6.32. The van der Waals surface area contributed by atoms with E-state index in [1.807, 2.05) is 30.3 Å². The summed E-state index contributed by atoms with van der Waals surface area (Å²) in [4.78, 5) is 12.8. The van der Waals surface area contributed by atoms with Crippen molar-refractivity contribution in [2.24, 2.45) is 5.73 Å². The highest BCUT2D eigenvalue weighted by Gasteiger charge is 2.50. The molecule has 4 aromatic rings. The van der Waals surface area contributed by atoms with Crippen LogP contribution >= 0.6 is 11.6 Å². The van der Waals surface area contributed by atoms with Crippen molar-refractivity contribution in [2.75, 3.05) is 13.2 Å². The van der Waals surface area contributed by atoms with Gasteiger partial charge in [0.1, 0.15) is 23.7 Å². The number of nitrogens with one attached hydrogen (secondary N) is 1. The first kappa shape index (κ1) is 23.4. The summed E-state index contributed by atoms with van der Waals surface area (Å²) in [6.07, 6.45) is 3.54. The normalized spacial score (nSPS) is 21.8. The summed E-state index contributed by atoms with van der Waals surface area (Å²) in [5, 5.41) is 7.83. The topological polar surface area (TPSA) is 91.4 Å². The van der Waals surface area contributed by atoms with Gasteiger partial charge in [0.25, 0.3) is 0 Å². The first-order valence-corrected chi connectivity index (χ1v) is 12.9. The van der Waals surface area contributed by atoms with Crippen molar-refractivity contribution < 1.29 is 23.0 Å². The Hall–Kier alpha value is -3.69. The molecular formula is C28H23ClF2N4O3. The number of hydrogen-bond donors (Lipinski definition) is 2. The number of nitrogens with zero attached hydrogens (tertiary/aromatic N) is 2. The molecule has 0 unspecified atom stereocenters. The molecule has 3 aliphatic rings. The zero-order valence-electron chi connectivity index (χ0n) is 20.2. The van der Waals surface area contributed by atoms with Crippen molar-refractivity contribution in [3.63, 3.8) is 0 Å². The van der Waals surface area contributed by atoms with E-state index >= 15 is 8.78 Å². The van der Waals surface area contributed by atoms with E-state index in [2.05, 4.69) is 10.4 Å². The number of amides is 1. The van der Waals surface area contributed by atoms with E-state index in [0.29, 0.717) is 23.0 Å². The molecule has 0 spiro atoms. The highest BCUT2D eigenvalue weighted by Crippen LogP contribution is 2.53. The average Bonchev–Trinajstić information content (AvgIpc) is 3.67. The number of aromatic nitrogens is 2. The second-order valence-corrected chi connectivity index (χ2v) is 10.3. The van der Waals surface area contributed by atoms with Gasteiger partial charge in [0.05, 0.1) is 29.4 Å². The second kappa shape index (κ2) is 8.41. The Labute approximate surface area is 221 Å². The van der Waals surface area contributed by atoms with Crippen LogP contribution < -0.4 is 20.5 Å². The SMILES string of the molecule is NC(=O)c1c(-c2c(Cl)c(F)cc3c2C[C@](c2ccccc2)([C@@H]2CCCN2)O3)c(F)c2c3c1cnn3CCO2. The molecule has 194 valence electrons. The Balaban J connectivity index is 1.52. The van der Waals surface area contributed by atoms with Gasteiger partial charge in [0.2, 0.25) is 5.91 Å².